The molecule has 0 bridgehead atoms. The van der Waals surface area contributed by atoms with E-state index in [2.05, 4.69) is 5.43 Å². The fraction of sp³-hybridized carbons (Fsp3) is 0.167. The molecule has 0 saturated heterocycles. The van der Waals surface area contributed by atoms with Gasteiger partial charge in [-0.15, -0.1) is 11.3 Å². The number of thiophene rings is 1. The molecule has 0 spiro atoms. The molecule has 1 aromatic rings. The van der Waals surface area contributed by atoms with Gasteiger partial charge in [-0.1, -0.05) is 0 Å². The molecule has 3 nitrogen and oxygen atoms in total. The monoisotopic (exact) mass is 156 g/mol. The molecule has 0 unspecified atom stereocenters. The number of nitrogen functional groups attached to an aromatic ring is 1. The molecule has 0 fully saturated rings. The van der Waals surface area contributed by atoms with Crippen LogP contribution in [0.4, 0.5) is 0 Å². The lowest BCUT2D eigenvalue weighted by Crippen LogP contribution is -2.29. The van der Waals surface area contributed by atoms with E-state index in [0.29, 0.717) is 4.88 Å². The van der Waals surface area contributed by atoms with Crippen molar-refractivity contribution >= 4 is 17.2 Å². The summed E-state index contributed by atoms with van der Waals surface area (Å²) >= 11 is 1.43. The summed E-state index contributed by atoms with van der Waals surface area (Å²) in [6, 6.07) is 3.64. The van der Waals surface area contributed by atoms with Crippen molar-refractivity contribution in [3.8, 4) is 0 Å². The van der Waals surface area contributed by atoms with Crippen LogP contribution in [0.2, 0.25) is 0 Å². The molecular formula is C6H8N2OS. The van der Waals surface area contributed by atoms with Crippen molar-refractivity contribution in [3.63, 3.8) is 0 Å². The van der Waals surface area contributed by atoms with E-state index in [1.165, 1.54) is 11.3 Å². The smallest absolute Gasteiger partial charge is 0.275 e. The molecule has 0 aliphatic carbocycles. The lowest BCUT2D eigenvalue weighted by Gasteiger charge is -1.91. The van der Waals surface area contributed by atoms with Crippen molar-refractivity contribution in [2.75, 3.05) is 0 Å². The van der Waals surface area contributed by atoms with Gasteiger partial charge in [-0.05, 0) is 19.1 Å². The molecule has 0 aromatic carbocycles. The van der Waals surface area contributed by atoms with Gasteiger partial charge in [-0.2, -0.15) is 0 Å². The van der Waals surface area contributed by atoms with E-state index in [0.717, 1.165) is 4.88 Å². The van der Waals surface area contributed by atoms with Gasteiger partial charge in [-0.25, -0.2) is 5.84 Å². The van der Waals surface area contributed by atoms with Crippen LogP contribution < -0.4 is 11.3 Å². The number of hydrazine groups is 1. The van der Waals surface area contributed by atoms with Gasteiger partial charge in [-0.3, -0.25) is 10.2 Å². The number of nitrogens with two attached hydrogens (primary N) is 1. The Morgan fingerprint density at radius 3 is 2.80 bits per heavy atom. The summed E-state index contributed by atoms with van der Waals surface area (Å²) in [6.07, 6.45) is 0. The van der Waals surface area contributed by atoms with Gasteiger partial charge < -0.3 is 0 Å². The third-order valence-electron chi connectivity index (χ3n) is 1.10. The second kappa shape index (κ2) is 2.81. The minimum atomic E-state index is -0.224. The minimum Gasteiger partial charge on any atom is -0.289 e. The molecule has 3 N–H and O–H groups in total. The Bertz CT molecular complexity index is 244. The van der Waals surface area contributed by atoms with Crippen molar-refractivity contribution in [1.82, 2.24) is 5.43 Å². The van der Waals surface area contributed by atoms with E-state index in [1.54, 1.807) is 6.07 Å². The lowest BCUT2D eigenvalue weighted by atomic mass is 10.4. The topological polar surface area (TPSA) is 55.1 Å². The van der Waals surface area contributed by atoms with Crippen molar-refractivity contribution < 1.29 is 4.79 Å². The molecule has 1 amide bonds. The fourth-order valence-electron chi connectivity index (χ4n) is 0.628. The van der Waals surface area contributed by atoms with Crippen LogP contribution in [-0.4, -0.2) is 5.91 Å². The lowest BCUT2D eigenvalue weighted by molar-refractivity contribution is 0.0957. The van der Waals surface area contributed by atoms with E-state index >= 15 is 0 Å². The summed E-state index contributed by atoms with van der Waals surface area (Å²) in [5.41, 5.74) is 2.07. The molecule has 1 aromatic heterocycles. The molecule has 1 heterocycles. The quantitative estimate of drug-likeness (QED) is 0.356. The molecule has 0 radical (unpaired) electrons. The van der Waals surface area contributed by atoms with Crippen LogP contribution in [0, 0.1) is 6.92 Å². The minimum absolute atomic E-state index is 0.224. The second-order valence-corrected chi connectivity index (χ2v) is 3.17. The maximum atomic E-state index is 10.8. The first-order valence-corrected chi connectivity index (χ1v) is 3.63. The molecule has 0 aliphatic heterocycles. The highest BCUT2D eigenvalue weighted by molar-refractivity contribution is 7.13. The Balaban J connectivity index is 2.85. The number of amides is 1. The first-order valence-electron chi connectivity index (χ1n) is 2.81. The van der Waals surface area contributed by atoms with Crippen LogP contribution in [0.15, 0.2) is 12.1 Å². The Labute approximate surface area is 62.8 Å². The predicted octanol–water partition coefficient (Wildman–Crippen LogP) is 0.660. The van der Waals surface area contributed by atoms with Crippen LogP contribution in [0.1, 0.15) is 14.5 Å². The van der Waals surface area contributed by atoms with E-state index in [4.69, 9.17) is 5.84 Å². The zero-order chi connectivity index (χ0) is 7.56. The Kier molecular flexibility index (Phi) is 2.03. The number of hydrogen-bond acceptors (Lipinski definition) is 3. The number of carbonyl (C=O) groups excluding carboxylic acids is 1. The predicted molar refractivity (Wildman–Crippen MR) is 40.7 cm³/mol. The molecule has 1 rings (SSSR count). The van der Waals surface area contributed by atoms with Gasteiger partial charge in [0.15, 0.2) is 0 Å². The van der Waals surface area contributed by atoms with E-state index in [9.17, 15) is 4.79 Å². The summed E-state index contributed by atoms with van der Waals surface area (Å²) in [5, 5.41) is 0. The fourth-order valence-corrected chi connectivity index (χ4v) is 1.40. The Hall–Kier alpha value is -0.870. The molecule has 0 aliphatic rings. The maximum Gasteiger partial charge on any atom is 0.275 e. The van der Waals surface area contributed by atoms with Crippen molar-refractivity contribution in [2.45, 2.75) is 6.92 Å². The third kappa shape index (κ3) is 1.34. The highest BCUT2D eigenvalue weighted by Crippen LogP contribution is 2.13. The standard InChI is InChI=1S/C6H8N2OS/c1-4-2-3-5(10-4)6(9)8-7/h2-3H,7H2,1H3,(H,8,9). The molecular weight excluding hydrogens is 148 g/mol. The zero-order valence-electron chi connectivity index (χ0n) is 5.55. The first kappa shape index (κ1) is 7.24. The Morgan fingerprint density at radius 1 is 1.70 bits per heavy atom. The largest absolute Gasteiger partial charge is 0.289 e. The first-order chi connectivity index (χ1) is 4.74. The maximum absolute atomic E-state index is 10.8. The number of nitrogens with one attached hydrogen (secondary N) is 1. The third-order valence-corrected chi connectivity index (χ3v) is 2.09. The summed E-state index contributed by atoms with van der Waals surface area (Å²) in [6.45, 7) is 1.94. The molecule has 4 heteroatoms. The molecule has 0 atom stereocenters. The average molecular weight is 156 g/mol. The van der Waals surface area contributed by atoms with Crippen LogP contribution in [0.5, 0.6) is 0 Å². The van der Waals surface area contributed by atoms with Crippen molar-refractivity contribution in [1.29, 1.82) is 0 Å². The van der Waals surface area contributed by atoms with Gasteiger partial charge in [0.1, 0.15) is 0 Å². The van der Waals surface area contributed by atoms with Crippen molar-refractivity contribution in [3.05, 3.63) is 21.9 Å². The SMILES string of the molecule is Cc1ccc(C(=O)NN)s1. The van der Waals surface area contributed by atoms with Gasteiger partial charge >= 0.3 is 0 Å². The van der Waals surface area contributed by atoms with Crippen LogP contribution >= 0.6 is 11.3 Å². The molecule has 10 heavy (non-hydrogen) atoms. The van der Waals surface area contributed by atoms with E-state index in [-0.39, 0.29) is 5.91 Å². The van der Waals surface area contributed by atoms with Gasteiger partial charge in [0, 0.05) is 4.88 Å². The van der Waals surface area contributed by atoms with Gasteiger partial charge in [0.05, 0.1) is 4.88 Å². The van der Waals surface area contributed by atoms with E-state index < -0.39 is 0 Å². The number of aryl methyl sites for hydroxylation is 1. The van der Waals surface area contributed by atoms with Crippen molar-refractivity contribution in [2.24, 2.45) is 5.84 Å². The normalized spacial score (nSPS) is 9.40. The summed E-state index contributed by atoms with van der Waals surface area (Å²) in [7, 11) is 0. The van der Waals surface area contributed by atoms with Gasteiger partial charge in [0.25, 0.3) is 5.91 Å². The zero-order valence-corrected chi connectivity index (χ0v) is 6.37. The summed E-state index contributed by atoms with van der Waals surface area (Å²) in [5.74, 6) is 4.70. The molecule has 54 valence electrons. The number of rotatable bonds is 1. The highest BCUT2D eigenvalue weighted by Gasteiger charge is 2.03. The number of hydrogen-bond donors (Lipinski definition) is 2. The second-order valence-electron chi connectivity index (χ2n) is 1.88. The van der Waals surface area contributed by atoms with Crippen LogP contribution in [0.3, 0.4) is 0 Å². The van der Waals surface area contributed by atoms with Crippen LogP contribution in [0.25, 0.3) is 0 Å². The summed E-state index contributed by atoms with van der Waals surface area (Å²) in [4.78, 5) is 12.6. The van der Waals surface area contributed by atoms with Crippen LogP contribution in [-0.2, 0) is 0 Å². The van der Waals surface area contributed by atoms with Gasteiger partial charge in [0.2, 0.25) is 0 Å². The summed E-state index contributed by atoms with van der Waals surface area (Å²) < 4.78 is 0. The average Bonchev–Trinajstić information content (AvgIpc) is 2.34. The van der Waals surface area contributed by atoms with E-state index in [1.807, 2.05) is 13.0 Å². The highest BCUT2D eigenvalue weighted by atomic mass is 32.1. The Morgan fingerprint density at radius 2 is 2.40 bits per heavy atom. The molecule has 0 saturated carbocycles. The number of carbonyl (C=O) groups is 1.